The number of aromatic nitrogens is 3. The van der Waals surface area contributed by atoms with Crippen molar-refractivity contribution in [2.45, 2.75) is 6.92 Å². The van der Waals surface area contributed by atoms with Gasteiger partial charge in [0.15, 0.2) is 0 Å². The quantitative estimate of drug-likeness (QED) is 0.258. The molecule has 0 radical (unpaired) electrons. The molecule has 7 aromatic rings. The summed E-state index contributed by atoms with van der Waals surface area (Å²) in [4.78, 5) is 0. The number of fused-ring (bicyclic) bond motifs is 5. The highest BCUT2D eigenvalue weighted by molar-refractivity contribution is 6.10. The molecule has 34 heavy (non-hydrogen) atoms. The molecule has 0 spiro atoms. The summed E-state index contributed by atoms with van der Waals surface area (Å²) in [6.07, 6.45) is 2.24. The van der Waals surface area contributed by atoms with Gasteiger partial charge in [-0.05, 0) is 37.3 Å². The van der Waals surface area contributed by atoms with E-state index in [4.69, 9.17) is 0 Å². The van der Waals surface area contributed by atoms with Crippen LogP contribution < -0.4 is 4.57 Å². The zero-order valence-electron chi connectivity index (χ0n) is 19.2. The molecule has 0 aliphatic carbocycles. The zero-order valence-corrected chi connectivity index (χ0v) is 19.2. The number of rotatable bonds is 2. The van der Waals surface area contributed by atoms with E-state index >= 15 is 0 Å². The van der Waals surface area contributed by atoms with E-state index in [1.165, 1.54) is 54.9 Å². The highest BCUT2D eigenvalue weighted by Gasteiger charge is 2.20. The van der Waals surface area contributed by atoms with Crippen LogP contribution in [-0.4, -0.2) is 9.13 Å². The fourth-order valence-corrected chi connectivity index (χ4v) is 5.56. The van der Waals surface area contributed by atoms with Crippen molar-refractivity contribution in [2.24, 2.45) is 7.05 Å². The van der Waals surface area contributed by atoms with Crippen molar-refractivity contribution in [1.82, 2.24) is 9.13 Å². The first-order valence-corrected chi connectivity index (χ1v) is 11.7. The molecule has 3 heteroatoms. The summed E-state index contributed by atoms with van der Waals surface area (Å²) < 4.78 is 7.01. The Hall–Kier alpha value is -4.37. The van der Waals surface area contributed by atoms with Crippen LogP contribution >= 0.6 is 0 Å². The van der Waals surface area contributed by atoms with Gasteiger partial charge in [-0.3, -0.25) is 0 Å². The van der Waals surface area contributed by atoms with E-state index in [2.05, 4.69) is 137 Å². The maximum Gasteiger partial charge on any atom is 0.286 e. The van der Waals surface area contributed by atoms with Crippen molar-refractivity contribution in [3.05, 3.63) is 115 Å². The predicted molar refractivity (Wildman–Crippen MR) is 141 cm³/mol. The van der Waals surface area contributed by atoms with Crippen LogP contribution in [0, 0.1) is 6.92 Å². The largest absolute Gasteiger partial charge is 0.308 e. The Kier molecular flexibility index (Phi) is 3.97. The van der Waals surface area contributed by atoms with Crippen molar-refractivity contribution in [2.75, 3.05) is 0 Å². The average molecular weight is 439 g/mol. The molecule has 4 aromatic carbocycles. The van der Waals surface area contributed by atoms with Gasteiger partial charge in [-0.15, -0.1) is 0 Å². The van der Waals surface area contributed by atoms with Gasteiger partial charge in [0, 0.05) is 33.0 Å². The normalized spacial score (nSPS) is 11.8. The van der Waals surface area contributed by atoms with Crippen molar-refractivity contribution >= 4 is 43.5 Å². The first kappa shape index (κ1) is 19.1. The summed E-state index contributed by atoms with van der Waals surface area (Å²) >= 11 is 0. The Bertz CT molecular complexity index is 1830. The van der Waals surface area contributed by atoms with Crippen LogP contribution in [0.3, 0.4) is 0 Å². The summed E-state index contributed by atoms with van der Waals surface area (Å²) in [5.41, 5.74) is 6.12. The van der Waals surface area contributed by atoms with E-state index in [-0.39, 0.29) is 0 Å². The Morgan fingerprint density at radius 2 is 1.24 bits per heavy atom. The number of benzene rings is 4. The second kappa shape index (κ2) is 7.06. The van der Waals surface area contributed by atoms with Crippen LogP contribution in [0.4, 0.5) is 0 Å². The molecular weight excluding hydrogens is 414 g/mol. The minimum absolute atomic E-state index is 1.15. The molecule has 0 saturated heterocycles. The van der Waals surface area contributed by atoms with Gasteiger partial charge in [-0.2, -0.15) is 0 Å². The van der Waals surface area contributed by atoms with Crippen LogP contribution in [0.2, 0.25) is 0 Å². The zero-order chi connectivity index (χ0) is 22.8. The van der Waals surface area contributed by atoms with Crippen LogP contribution in [0.5, 0.6) is 0 Å². The van der Waals surface area contributed by atoms with Crippen LogP contribution in [0.15, 0.2) is 109 Å². The lowest BCUT2D eigenvalue weighted by Gasteiger charge is -2.13. The summed E-state index contributed by atoms with van der Waals surface area (Å²) in [7, 11) is 2.16. The number of pyridine rings is 1. The lowest BCUT2D eigenvalue weighted by molar-refractivity contribution is -0.639. The molecular formula is C31H24N3+. The molecule has 0 bridgehead atoms. The number of nitrogens with zero attached hydrogens (tertiary/aromatic N) is 3. The Morgan fingerprint density at radius 3 is 1.94 bits per heavy atom. The van der Waals surface area contributed by atoms with Gasteiger partial charge in [0.25, 0.3) is 5.82 Å². The Balaban J connectivity index is 1.53. The van der Waals surface area contributed by atoms with Crippen LogP contribution in [0.25, 0.3) is 55.0 Å². The number of aryl methyl sites for hydroxylation is 2. The standard InChI is InChI=1S/C31H24N3/c1-21-23-11-4-3-10-22(23)20-33(21)31-19-18-26-27(32(31)2)16-9-17-30(26)34-28-14-7-5-12-24(28)25-13-6-8-15-29(25)34/h3-20H,1-2H3/q+1. The number of hydrogen-bond acceptors (Lipinski definition) is 0. The van der Waals surface area contributed by atoms with E-state index in [0.29, 0.717) is 0 Å². The molecule has 7 rings (SSSR count). The van der Waals surface area contributed by atoms with E-state index < -0.39 is 0 Å². The lowest BCUT2D eigenvalue weighted by atomic mass is 10.1. The van der Waals surface area contributed by atoms with Crippen molar-refractivity contribution in [3.63, 3.8) is 0 Å². The highest BCUT2D eigenvalue weighted by atomic mass is 15.1. The van der Waals surface area contributed by atoms with Crippen molar-refractivity contribution < 1.29 is 4.57 Å². The highest BCUT2D eigenvalue weighted by Crippen LogP contribution is 2.34. The monoisotopic (exact) mass is 438 g/mol. The van der Waals surface area contributed by atoms with E-state index in [1.54, 1.807) is 0 Å². The summed E-state index contributed by atoms with van der Waals surface area (Å²) in [5, 5.41) is 6.35. The van der Waals surface area contributed by atoms with Crippen molar-refractivity contribution in [3.8, 4) is 11.5 Å². The molecule has 0 saturated carbocycles. The average Bonchev–Trinajstić information content (AvgIpc) is 3.39. The van der Waals surface area contributed by atoms with Gasteiger partial charge in [0.1, 0.15) is 17.4 Å². The molecule has 0 atom stereocenters. The molecule has 3 heterocycles. The summed E-state index contributed by atoms with van der Waals surface area (Å²) in [6.45, 7) is 2.20. The molecule has 0 unspecified atom stereocenters. The second-order valence-corrected chi connectivity index (χ2v) is 9.00. The first-order chi connectivity index (χ1) is 16.7. The van der Waals surface area contributed by atoms with Gasteiger partial charge in [-0.25, -0.2) is 9.13 Å². The molecule has 0 amide bonds. The first-order valence-electron chi connectivity index (χ1n) is 11.7. The molecule has 0 fully saturated rings. The topological polar surface area (TPSA) is 13.7 Å². The summed E-state index contributed by atoms with van der Waals surface area (Å²) in [6, 6.07) is 37.1. The van der Waals surface area contributed by atoms with Gasteiger partial charge >= 0.3 is 0 Å². The van der Waals surface area contributed by atoms with Crippen molar-refractivity contribution in [1.29, 1.82) is 0 Å². The van der Waals surface area contributed by atoms with Gasteiger partial charge in [0.2, 0.25) is 0 Å². The molecule has 3 nitrogen and oxygen atoms in total. The molecule has 3 aromatic heterocycles. The van der Waals surface area contributed by atoms with Gasteiger partial charge < -0.3 is 4.57 Å². The van der Waals surface area contributed by atoms with Crippen LogP contribution in [-0.2, 0) is 7.05 Å². The Labute approximate surface area is 197 Å². The number of hydrogen-bond donors (Lipinski definition) is 0. The fourth-order valence-electron chi connectivity index (χ4n) is 5.56. The van der Waals surface area contributed by atoms with E-state index in [9.17, 15) is 0 Å². The minimum Gasteiger partial charge on any atom is -0.308 e. The van der Waals surface area contributed by atoms with E-state index in [1.807, 2.05) is 0 Å². The minimum atomic E-state index is 1.15. The Morgan fingerprint density at radius 1 is 0.588 bits per heavy atom. The molecule has 0 aliphatic rings. The van der Waals surface area contributed by atoms with Crippen LogP contribution in [0.1, 0.15) is 5.69 Å². The molecule has 0 aliphatic heterocycles. The second-order valence-electron chi connectivity index (χ2n) is 9.00. The fraction of sp³-hybridized carbons (Fsp3) is 0.0645. The van der Waals surface area contributed by atoms with E-state index in [0.717, 1.165) is 5.82 Å². The molecule has 162 valence electrons. The third-order valence-corrected chi connectivity index (χ3v) is 7.21. The third kappa shape index (κ3) is 2.55. The SMILES string of the molecule is Cc1c2ccccc2cn1-c1ccc2c(-n3c4ccccc4c4ccccc43)cccc2[n+]1C. The van der Waals surface area contributed by atoms with Gasteiger partial charge in [0.05, 0.1) is 23.8 Å². The third-order valence-electron chi connectivity index (χ3n) is 7.21. The predicted octanol–water partition coefficient (Wildman–Crippen LogP) is 7.01. The maximum absolute atomic E-state index is 2.40. The molecule has 0 N–H and O–H groups in total. The van der Waals surface area contributed by atoms with Gasteiger partial charge in [-0.1, -0.05) is 66.7 Å². The smallest absolute Gasteiger partial charge is 0.286 e. The summed E-state index contributed by atoms with van der Waals surface area (Å²) in [5.74, 6) is 1.15. The lowest BCUT2D eigenvalue weighted by Crippen LogP contribution is -2.35. The number of para-hydroxylation sites is 2. The maximum atomic E-state index is 2.40.